The van der Waals surface area contributed by atoms with Gasteiger partial charge in [0.1, 0.15) is 0 Å². The van der Waals surface area contributed by atoms with Crippen molar-refractivity contribution in [3.63, 3.8) is 0 Å². The Hall–Kier alpha value is -0.540. The van der Waals surface area contributed by atoms with Gasteiger partial charge < -0.3 is 0 Å². The lowest BCUT2D eigenvalue weighted by atomic mass is 10.4. The van der Waals surface area contributed by atoms with Gasteiger partial charge in [0.05, 0.1) is 5.88 Å². The Kier molecular flexibility index (Phi) is 3.23. The van der Waals surface area contributed by atoms with E-state index in [9.17, 15) is 4.79 Å². The van der Waals surface area contributed by atoms with E-state index in [0.717, 1.165) is 0 Å². The summed E-state index contributed by atoms with van der Waals surface area (Å²) in [5.74, 6) is -0.917. The van der Waals surface area contributed by atoms with Crippen LogP contribution in [0, 0.1) is 0 Å². The molecule has 0 aromatic heterocycles. The molecule has 0 spiro atoms. The van der Waals surface area contributed by atoms with Gasteiger partial charge in [-0.15, -0.1) is 11.6 Å². The smallest absolute Gasteiger partial charge is 0.296 e. The van der Waals surface area contributed by atoms with Gasteiger partial charge in [-0.2, -0.15) is 5.26 Å². The Bertz CT molecular complexity index is 95.9. The molecule has 0 unspecified atom stereocenters. The number of halogens is 1. The van der Waals surface area contributed by atoms with Gasteiger partial charge in [-0.3, -0.25) is 4.89 Å². The summed E-state index contributed by atoms with van der Waals surface area (Å²) in [4.78, 5) is 13.4. The number of alkyl halides is 1. The molecule has 0 saturated heterocycles. The Morgan fingerprint density at radius 1 is 1.88 bits per heavy atom. The lowest BCUT2D eigenvalue weighted by Gasteiger charge is -1.91. The molecular weight excluding hydrogens is 131 g/mol. The molecule has 46 valence electrons. The minimum atomic E-state index is -0.889. The molecule has 0 saturated carbocycles. The summed E-state index contributed by atoms with van der Waals surface area (Å²) in [6, 6.07) is 0. The first-order chi connectivity index (χ1) is 3.72. The van der Waals surface area contributed by atoms with Gasteiger partial charge in [-0.25, -0.2) is 4.79 Å². The lowest BCUT2D eigenvalue weighted by molar-refractivity contribution is -0.229. The van der Waals surface area contributed by atoms with Crippen molar-refractivity contribution >= 4 is 17.6 Å². The molecule has 3 nitrogen and oxygen atoms in total. The Morgan fingerprint density at radius 3 is 2.50 bits per heavy atom. The molecule has 1 N–H and O–H groups in total. The van der Waals surface area contributed by atoms with E-state index in [2.05, 4.69) is 11.5 Å². The van der Waals surface area contributed by atoms with Crippen molar-refractivity contribution in [1.82, 2.24) is 0 Å². The van der Waals surface area contributed by atoms with E-state index in [1.165, 1.54) is 0 Å². The second-order valence-electron chi connectivity index (χ2n) is 1.12. The van der Waals surface area contributed by atoms with Gasteiger partial charge in [0.15, 0.2) is 0 Å². The van der Waals surface area contributed by atoms with Crippen molar-refractivity contribution in [3.8, 4) is 0 Å². The molecule has 0 aromatic rings. The number of hydrogen-bond donors (Lipinski definition) is 1. The molecule has 0 bridgehead atoms. The highest BCUT2D eigenvalue weighted by Crippen LogP contribution is 1.94. The van der Waals surface area contributed by atoms with Crippen molar-refractivity contribution in [1.29, 1.82) is 0 Å². The molecule has 0 aromatic carbocycles. The average molecular weight is 137 g/mol. The van der Waals surface area contributed by atoms with Crippen LogP contribution in [0.3, 0.4) is 0 Å². The first-order valence-corrected chi connectivity index (χ1v) is 2.35. The second kappa shape index (κ2) is 3.46. The van der Waals surface area contributed by atoms with Gasteiger partial charge in [-0.05, 0) is 0 Å². The summed E-state index contributed by atoms with van der Waals surface area (Å²) >= 11 is 5.11. The molecule has 0 amide bonds. The predicted molar refractivity (Wildman–Crippen MR) is 28.6 cm³/mol. The Morgan fingerprint density at radius 2 is 2.38 bits per heavy atom. The van der Waals surface area contributed by atoms with E-state index < -0.39 is 5.97 Å². The van der Waals surface area contributed by atoms with Crippen molar-refractivity contribution in [2.75, 3.05) is 5.88 Å². The fraction of sp³-hybridized carbons (Fsp3) is 0.250. The highest BCUT2D eigenvalue weighted by molar-refractivity contribution is 6.22. The molecule has 0 rings (SSSR count). The maximum atomic E-state index is 10.1. The van der Waals surface area contributed by atoms with E-state index in [4.69, 9.17) is 16.9 Å². The van der Waals surface area contributed by atoms with E-state index in [0.29, 0.717) is 0 Å². The van der Waals surface area contributed by atoms with Crippen LogP contribution in [0.15, 0.2) is 12.2 Å². The van der Waals surface area contributed by atoms with Crippen LogP contribution in [0.5, 0.6) is 0 Å². The topological polar surface area (TPSA) is 46.5 Å². The molecule has 0 aliphatic heterocycles. The average Bonchev–Trinajstić information content (AvgIpc) is 1.84. The minimum Gasteiger partial charge on any atom is -0.296 e. The number of carbonyl (C=O) groups excluding carboxylic acids is 1. The molecule has 0 heterocycles. The fourth-order valence-electron chi connectivity index (χ4n) is 0.119. The Labute approximate surface area is 51.4 Å². The maximum absolute atomic E-state index is 10.1. The van der Waals surface area contributed by atoms with Crippen molar-refractivity contribution < 1.29 is 14.9 Å². The quantitative estimate of drug-likeness (QED) is 0.264. The molecule has 4 heteroatoms. The van der Waals surface area contributed by atoms with E-state index >= 15 is 0 Å². The van der Waals surface area contributed by atoms with Gasteiger partial charge in [0.2, 0.25) is 0 Å². The monoisotopic (exact) mass is 136 g/mol. The number of hydrogen-bond acceptors (Lipinski definition) is 3. The summed E-state index contributed by atoms with van der Waals surface area (Å²) in [6.45, 7) is 3.18. The Balaban J connectivity index is 3.64. The summed E-state index contributed by atoms with van der Waals surface area (Å²) in [5.41, 5.74) is 0.0363. The van der Waals surface area contributed by atoms with Crippen LogP contribution < -0.4 is 0 Å². The third-order valence-electron chi connectivity index (χ3n) is 0.533. The zero-order valence-corrected chi connectivity index (χ0v) is 4.81. The molecule has 0 fully saturated rings. The third-order valence-corrected chi connectivity index (χ3v) is 0.856. The highest BCUT2D eigenvalue weighted by atomic mass is 35.5. The first-order valence-electron chi connectivity index (χ1n) is 1.82. The standard InChI is InChI=1S/C4H5ClO3/c1-3(2-5)4(6)8-7/h7H,1-2H2. The summed E-state index contributed by atoms with van der Waals surface area (Å²) in [7, 11) is 0. The molecule has 8 heavy (non-hydrogen) atoms. The van der Waals surface area contributed by atoms with Gasteiger partial charge >= 0.3 is 5.97 Å². The van der Waals surface area contributed by atoms with E-state index in [1.807, 2.05) is 0 Å². The van der Waals surface area contributed by atoms with Crippen LogP contribution in [-0.2, 0) is 9.68 Å². The van der Waals surface area contributed by atoms with Crippen LogP contribution >= 0.6 is 11.6 Å². The van der Waals surface area contributed by atoms with Crippen LogP contribution in [0.4, 0.5) is 0 Å². The van der Waals surface area contributed by atoms with Crippen LogP contribution in [0.1, 0.15) is 0 Å². The molecule has 0 aliphatic rings. The zero-order chi connectivity index (χ0) is 6.57. The minimum absolute atomic E-state index is 0.0284. The van der Waals surface area contributed by atoms with E-state index in [1.54, 1.807) is 0 Å². The molecular formula is C4H5ClO3. The largest absolute Gasteiger partial charge is 0.369 e. The lowest BCUT2D eigenvalue weighted by Crippen LogP contribution is -2.04. The van der Waals surface area contributed by atoms with Crippen LogP contribution in [0.2, 0.25) is 0 Å². The third kappa shape index (κ3) is 1.95. The van der Waals surface area contributed by atoms with Crippen molar-refractivity contribution in [2.45, 2.75) is 0 Å². The number of carbonyl (C=O) groups is 1. The highest BCUT2D eigenvalue weighted by Gasteiger charge is 2.04. The van der Waals surface area contributed by atoms with E-state index in [-0.39, 0.29) is 11.5 Å². The predicted octanol–water partition coefficient (Wildman–Crippen LogP) is 0.798. The van der Waals surface area contributed by atoms with Gasteiger partial charge in [0.25, 0.3) is 0 Å². The second-order valence-corrected chi connectivity index (χ2v) is 1.38. The molecule has 0 radical (unpaired) electrons. The molecule has 0 atom stereocenters. The van der Waals surface area contributed by atoms with Crippen LogP contribution in [-0.4, -0.2) is 17.1 Å². The van der Waals surface area contributed by atoms with Crippen LogP contribution in [0.25, 0.3) is 0 Å². The van der Waals surface area contributed by atoms with Gasteiger partial charge in [-0.1, -0.05) is 6.58 Å². The first kappa shape index (κ1) is 7.46. The summed E-state index contributed by atoms with van der Waals surface area (Å²) < 4.78 is 0. The van der Waals surface area contributed by atoms with Gasteiger partial charge in [0, 0.05) is 5.57 Å². The fourth-order valence-corrected chi connectivity index (χ4v) is 0.228. The van der Waals surface area contributed by atoms with Crippen molar-refractivity contribution in [2.24, 2.45) is 0 Å². The SMILES string of the molecule is C=C(CCl)C(=O)OO. The zero-order valence-electron chi connectivity index (χ0n) is 4.06. The number of rotatable bonds is 2. The molecule has 0 aliphatic carbocycles. The summed E-state index contributed by atoms with van der Waals surface area (Å²) in [6.07, 6.45) is 0. The van der Waals surface area contributed by atoms with Crippen molar-refractivity contribution in [3.05, 3.63) is 12.2 Å². The maximum Gasteiger partial charge on any atom is 0.369 e. The summed E-state index contributed by atoms with van der Waals surface area (Å²) in [5, 5.41) is 7.67. The normalized spacial score (nSPS) is 8.25.